The maximum absolute atomic E-state index is 12.7. The SMILES string of the molecule is C[C@@H](C(=O)N1CCN(c2ncccc2Cl)CC1)N1CCOCC1. The van der Waals surface area contributed by atoms with Crippen LogP contribution in [-0.2, 0) is 9.53 Å². The van der Waals surface area contributed by atoms with E-state index in [4.69, 9.17) is 16.3 Å². The van der Waals surface area contributed by atoms with Gasteiger partial charge >= 0.3 is 0 Å². The molecule has 0 unspecified atom stereocenters. The van der Waals surface area contributed by atoms with E-state index in [1.165, 1.54) is 0 Å². The molecule has 2 saturated heterocycles. The standard InChI is InChI=1S/C16H23ClN4O2/c1-13(19-9-11-23-12-10-19)16(22)21-7-5-20(6-8-21)15-14(17)3-2-4-18-15/h2-4,13H,5-12H2,1H3/t13-/m0/s1. The number of pyridine rings is 1. The van der Waals surface area contributed by atoms with Gasteiger partial charge in [-0.3, -0.25) is 9.69 Å². The maximum Gasteiger partial charge on any atom is 0.239 e. The zero-order valence-corrected chi connectivity index (χ0v) is 14.2. The van der Waals surface area contributed by atoms with Gasteiger partial charge in [0.1, 0.15) is 5.82 Å². The number of rotatable bonds is 3. The predicted molar refractivity (Wildman–Crippen MR) is 89.9 cm³/mol. The molecule has 2 aliphatic rings. The van der Waals surface area contributed by atoms with Crippen molar-refractivity contribution >= 4 is 23.3 Å². The Balaban J connectivity index is 1.56. The highest BCUT2D eigenvalue weighted by Gasteiger charge is 2.29. The number of carbonyl (C=O) groups excluding carboxylic acids is 1. The Morgan fingerprint density at radius 3 is 2.57 bits per heavy atom. The Labute approximate surface area is 142 Å². The van der Waals surface area contributed by atoms with Gasteiger partial charge in [0.05, 0.1) is 24.3 Å². The lowest BCUT2D eigenvalue weighted by Crippen LogP contribution is -2.55. The van der Waals surface area contributed by atoms with Gasteiger partial charge in [-0.05, 0) is 19.1 Å². The van der Waals surface area contributed by atoms with Gasteiger partial charge in [0.15, 0.2) is 0 Å². The third kappa shape index (κ3) is 3.76. The summed E-state index contributed by atoms with van der Waals surface area (Å²) in [5.41, 5.74) is 0. The van der Waals surface area contributed by atoms with Gasteiger partial charge in [0.25, 0.3) is 0 Å². The van der Waals surface area contributed by atoms with Crippen molar-refractivity contribution in [3.8, 4) is 0 Å². The third-order valence-corrected chi connectivity index (χ3v) is 4.88. The lowest BCUT2D eigenvalue weighted by atomic mass is 10.2. The molecule has 7 heteroatoms. The Morgan fingerprint density at radius 1 is 1.22 bits per heavy atom. The molecule has 0 saturated carbocycles. The Hall–Kier alpha value is -1.37. The van der Waals surface area contributed by atoms with Crippen molar-refractivity contribution in [3.63, 3.8) is 0 Å². The van der Waals surface area contributed by atoms with Crippen molar-refractivity contribution in [1.82, 2.24) is 14.8 Å². The number of morpholine rings is 1. The highest BCUT2D eigenvalue weighted by atomic mass is 35.5. The van der Waals surface area contributed by atoms with Crippen molar-refractivity contribution < 1.29 is 9.53 Å². The van der Waals surface area contributed by atoms with Crippen LogP contribution >= 0.6 is 11.6 Å². The number of aromatic nitrogens is 1. The molecule has 0 N–H and O–H groups in total. The summed E-state index contributed by atoms with van der Waals surface area (Å²) in [6, 6.07) is 3.60. The van der Waals surface area contributed by atoms with Crippen LogP contribution in [0.15, 0.2) is 18.3 Å². The Kier molecular flexibility index (Phi) is 5.35. The molecule has 6 nitrogen and oxygen atoms in total. The van der Waals surface area contributed by atoms with E-state index >= 15 is 0 Å². The molecule has 0 spiro atoms. The monoisotopic (exact) mass is 338 g/mol. The van der Waals surface area contributed by atoms with Crippen molar-refractivity contribution in [2.45, 2.75) is 13.0 Å². The predicted octanol–water partition coefficient (Wildman–Crippen LogP) is 1.10. The summed E-state index contributed by atoms with van der Waals surface area (Å²) < 4.78 is 5.36. The molecule has 2 fully saturated rings. The zero-order valence-electron chi connectivity index (χ0n) is 13.4. The summed E-state index contributed by atoms with van der Waals surface area (Å²) in [4.78, 5) is 23.3. The van der Waals surface area contributed by atoms with Gasteiger partial charge in [-0.15, -0.1) is 0 Å². The molecule has 1 aromatic heterocycles. The fourth-order valence-electron chi connectivity index (χ4n) is 3.13. The average molecular weight is 339 g/mol. The molecule has 1 atom stereocenters. The molecule has 0 aliphatic carbocycles. The minimum absolute atomic E-state index is 0.0797. The van der Waals surface area contributed by atoms with Crippen LogP contribution < -0.4 is 4.90 Å². The van der Waals surface area contributed by atoms with Crippen LogP contribution in [-0.4, -0.2) is 79.2 Å². The summed E-state index contributed by atoms with van der Waals surface area (Å²) in [6.07, 6.45) is 1.75. The summed E-state index contributed by atoms with van der Waals surface area (Å²) >= 11 is 6.21. The Bertz CT molecular complexity index is 543. The summed E-state index contributed by atoms with van der Waals surface area (Å²) in [6.45, 7) is 8.02. The number of carbonyl (C=O) groups is 1. The molecule has 126 valence electrons. The average Bonchev–Trinajstić information content (AvgIpc) is 2.62. The molecule has 23 heavy (non-hydrogen) atoms. The topological polar surface area (TPSA) is 48.9 Å². The number of amides is 1. The van der Waals surface area contributed by atoms with Gasteiger partial charge in [0.2, 0.25) is 5.91 Å². The third-order valence-electron chi connectivity index (χ3n) is 4.58. The molecule has 3 rings (SSSR count). The molecule has 2 aliphatic heterocycles. The molecular formula is C16H23ClN4O2. The quantitative estimate of drug-likeness (QED) is 0.826. The van der Waals surface area contributed by atoms with Gasteiger partial charge in [-0.25, -0.2) is 4.98 Å². The van der Waals surface area contributed by atoms with Crippen molar-refractivity contribution in [1.29, 1.82) is 0 Å². The van der Waals surface area contributed by atoms with Crippen LogP contribution in [0.5, 0.6) is 0 Å². The number of hydrogen-bond donors (Lipinski definition) is 0. The Morgan fingerprint density at radius 2 is 1.91 bits per heavy atom. The lowest BCUT2D eigenvalue weighted by molar-refractivity contribution is -0.138. The van der Waals surface area contributed by atoms with Crippen LogP contribution in [0.1, 0.15) is 6.92 Å². The normalized spacial score (nSPS) is 21.3. The maximum atomic E-state index is 12.7. The largest absolute Gasteiger partial charge is 0.379 e. The first kappa shape index (κ1) is 16.5. The second kappa shape index (κ2) is 7.47. The summed E-state index contributed by atoms with van der Waals surface area (Å²) in [5.74, 6) is 1.01. The van der Waals surface area contributed by atoms with Gasteiger partial charge in [-0.2, -0.15) is 0 Å². The molecule has 1 amide bonds. The van der Waals surface area contributed by atoms with Crippen molar-refractivity contribution in [2.75, 3.05) is 57.4 Å². The van der Waals surface area contributed by atoms with Gasteiger partial charge < -0.3 is 14.5 Å². The molecule has 0 bridgehead atoms. The molecular weight excluding hydrogens is 316 g/mol. The fourth-order valence-corrected chi connectivity index (χ4v) is 3.37. The molecule has 0 radical (unpaired) electrons. The van der Waals surface area contributed by atoms with E-state index in [-0.39, 0.29) is 11.9 Å². The molecule has 3 heterocycles. The second-order valence-corrected chi connectivity index (χ2v) is 6.35. The number of nitrogens with zero attached hydrogens (tertiary/aromatic N) is 4. The number of piperazine rings is 1. The molecule has 1 aromatic rings. The van der Waals surface area contributed by atoms with Gasteiger partial charge in [-0.1, -0.05) is 11.6 Å². The first-order valence-electron chi connectivity index (χ1n) is 8.13. The first-order chi connectivity index (χ1) is 11.2. The van der Waals surface area contributed by atoms with Crippen LogP contribution in [0.25, 0.3) is 0 Å². The van der Waals surface area contributed by atoms with E-state index < -0.39 is 0 Å². The van der Waals surface area contributed by atoms with E-state index in [1.807, 2.05) is 24.0 Å². The van der Waals surface area contributed by atoms with Crippen LogP contribution in [0.2, 0.25) is 5.02 Å². The number of ether oxygens (including phenoxy) is 1. The highest BCUT2D eigenvalue weighted by molar-refractivity contribution is 6.32. The fraction of sp³-hybridized carbons (Fsp3) is 0.625. The van der Waals surface area contributed by atoms with Crippen LogP contribution in [0.4, 0.5) is 5.82 Å². The first-order valence-corrected chi connectivity index (χ1v) is 8.50. The van der Waals surface area contributed by atoms with Crippen LogP contribution in [0.3, 0.4) is 0 Å². The van der Waals surface area contributed by atoms with E-state index in [0.717, 1.165) is 32.0 Å². The van der Waals surface area contributed by atoms with E-state index in [2.05, 4.69) is 14.8 Å². The second-order valence-electron chi connectivity index (χ2n) is 5.95. The molecule has 0 aromatic carbocycles. The van der Waals surface area contributed by atoms with Crippen molar-refractivity contribution in [3.05, 3.63) is 23.4 Å². The van der Waals surface area contributed by atoms with Crippen LogP contribution in [0, 0.1) is 0 Å². The lowest BCUT2D eigenvalue weighted by Gasteiger charge is -2.39. The summed E-state index contributed by atoms with van der Waals surface area (Å²) in [7, 11) is 0. The van der Waals surface area contributed by atoms with Gasteiger partial charge in [0, 0.05) is 45.5 Å². The minimum Gasteiger partial charge on any atom is -0.379 e. The van der Waals surface area contributed by atoms with E-state index in [0.29, 0.717) is 31.3 Å². The minimum atomic E-state index is -0.0797. The zero-order chi connectivity index (χ0) is 16.2. The summed E-state index contributed by atoms with van der Waals surface area (Å²) in [5, 5.41) is 0.661. The number of hydrogen-bond acceptors (Lipinski definition) is 5. The number of anilines is 1. The van der Waals surface area contributed by atoms with Crippen molar-refractivity contribution in [2.24, 2.45) is 0 Å². The highest BCUT2D eigenvalue weighted by Crippen LogP contribution is 2.23. The van der Waals surface area contributed by atoms with E-state index in [1.54, 1.807) is 6.20 Å². The number of halogens is 1. The van der Waals surface area contributed by atoms with E-state index in [9.17, 15) is 4.79 Å². The smallest absolute Gasteiger partial charge is 0.239 e.